The van der Waals surface area contributed by atoms with Gasteiger partial charge in [-0.2, -0.15) is 11.8 Å². The fourth-order valence-electron chi connectivity index (χ4n) is 2.36. The number of nitrogens with zero attached hydrogens (tertiary/aromatic N) is 1. The maximum atomic E-state index is 12.5. The zero-order valence-electron chi connectivity index (χ0n) is 10.9. The third-order valence-corrected chi connectivity index (χ3v) is 6.91. The Bertz CT molecular complexity index is 440. The summed E-state index contributed by atoms with van der Waals surface area (Å²) in [5.41, 5.74) is 5.85. The highest BCUT2D eigenvalue weighted by molar-refractivity contribution is 8.01. The molecule has 0 aliphatic carbocycles. The van der Waals surface area contributed by atoms with Gasteiger partial charge in [0.15, 0.2) is 9.84 Å². The average Bonchev–Trinajstić information content (AvgIpc) is 2.84. The Hall–Kier alpha value is -0.310. The Morgan fingerprint density at radius 2 is 2.21 bits per heavy atom. The second-order valence-corrected chi connectivity index (χ2v) is 8.42. The highest BCUT2D eigenvalue weighted by atomic mass is 32.2. The van der Waals surface area contributed by atoms with Crippen LogP contribution in [0, 0.1) is 5.92 Å². The highest BCUT2D eigenvalue weighted by Crippen LogP contribution is 2.25. The molecule has 2 aliphatic heterocycles. The molecular weight excluding hydrogens is 288 g/mol. The number of carbonyl (C=O) groups excluding carboxylic acids is 1. The molecule has 0 aromatic rings. The normalized spacial score (nSPS) is 32.5. The third-order valence-electron chi connectivity index (χ3n) is 3.63. The number of ether oxygens (including phenoxy) is 1. The molecule has 2 fully saturated rings. The number of hydrogen-bond donors (Lipinski definition) is 1. The smallest absolute Gasteiger partial charge is 0.230 e. The zero-order valence-corrected chi connectivity index (χ0v) is 12.6. The Morgan fingerprint density at radius 3 is 2.79 bits per heavy atom. The Kier molecular flexibility index (Phi) is 4.75. The predicted molar refractivity (Wildman–Crippen MR) is 74.6 cm³/mol. The number of carbonyl (C=O) groups is 1. The first-order valence-corrected chi connectivity index (χ1v) is 9.27. The summed E-state index contributed by atoms with van der Waals surface area (Å²) in [5.74, 6) is 0.689. The topological polar surface area (TPSA) is 89.7 Å². The van der Waals surface area contributed by atoms with Gasteiger partial charge in [0.05, 0.1) is 19.1 Å². The van der Waals surface area contributed by atoms with E-state index in [9.17, 15) is 13.2 Å². The van der Waals surface area contributed by atoms with Crippen LogP contribution in [-0.2, 0) is 19.4 Å². The van der Waals surface area contributed by atoms with Crippen LogP contribution >= 0.6 is 11.8 Å². The molecular formula is C11H20N2O4S2. The van der Waals surface area contributed by atoms with Crippen LogP contribution in [0.5, 0.6) is 0 Å². The summed E-state index contributed by atoms with van der Waals surface area (Å²) in [4.78, 5) is 14.0. The lowest BCUT2D eigenvalue weighted by atomic mass is 10.0. The van der Waals surface area contributed by atoms with E-state index in [1.807, 2.05) is 0 Å². The summed E-state index contributed by atoms with van der Waals surface area (Å²) in [6, 6.07) is -0.327. The molecule has 3 unspecified atom stereocenters. The first-order chi connectivity index (χ1) is 8.97. The SMILES string of the molecule is CCS(=O)(=O)C1CSCCN1C(=O)C1COCC1N. The first-order valence-electron chi connectivity index (χ1n) is 6.40. The number of hydrogen-bond acceptors (Lipinski definition) is 6. The molecule has 1 amide bonds. The van der Waals surface area contributed by atoms with E-state index in [2.05, 4.69) is 0 Å². The van der Waals surface area contributed by atoms with Gasteiger partial charge in [-0.15, -0.1) is 0 Å². The number of nitrogens with two attached hydrogens (primary N) is 1. The summed E-state index contributed by atoms with van der Waals surface area (Å²) >= 11 is 1.57. The van der Waals surface area contributed by atoms with Crippen LogP contribution in [0.4, 0.5) is 0 Å². The molecule has 2 saturated heterocycles. The lowest BCUT2D eigenvalue weighted by molar-refractivity contribution is -0.136. The van der Waals surface area contributed by atoms with Crippen molar-refractivity contribution in [1.29, 1.82) is 0 Å². The van der Waals surface area contributed by atoms with E-state index in [1.165, 1.54) is 4.90 Å². The van der Waals surface area contributed by atoms with Crippen molar-refractivity contribution in [2.75, 3.05) is 37.0 Å². The van der Waals surface area contributed by atoms with Gasteiger partial charge in [-0.1, -0.05) is 6.92 Å². The van der Waals surface area contributed by atoms with E-state index in [-0.39, 0.29) is 17.7 Å². The van der Waals surface area contributed by atoms with Crippen molar-refractivity contribution < 1.29 is 17.9 Å². The monoisotopic (exact) mass is 308 g/mol. The van der Waals surface area contributed by atoms with Gasteiger partial charge >= 0.3 is 0 Å². The summed E-state index contributed by atoms with van der Waals surface area (Å²) in [7, 11) is -3.26. The molecule has 0 aromatic heterocycles. The maximum Gasteiger partial charge on any atom is 0.230 e. The Morgan fingerprint density at radius 1 is 1.47 bits per heavy atom. The van der Waals surface area contributed by atoms with E-state index in [0.717, 1.165) is 5.75 Å². The van der Waals surface area contributed by atoms with Gasteiger partial charge in [0.1, 0.15) is 5.37 Å². The molecule has 0 radical (unpaired) electrons. The first kappa shape index (κ1) is 15.1. The van der Waals surface area contributed by atoms with E-state index < -0.39 is 21.1 Å². The molecule has 0 aromatic carbocycles. The van der Waals surface area contributed by atoms with Crippen LogP contribution in [0.15, 0.2) is 0 Å². The highest BCUT2D eigenvalue weighted by Gasteiger charge is 2.41. The van der Waals surface area contributed by atoms with E-state index >= 15 is 0 Å². The largest absolute Gasteiger partial charge is 0.379 e. The van der Waals surface area contributed by atoms with Crippen LogP contribution in [-0.4, -0.2) is 67.7 Å². The number of thioether (sulfide) groups is 1. The second kappa shape index (κ2) is 5.99. The van der Waals surface area contributed by atoms with Crippen LogP contribution in [0.1, 0.15) is 6.92 Å². The van der Waals surface area contributed by atoms with Gasteiger partial charge in [-0.3, -0.25) is 4.79 Å². The van der Waals surface area contributed by atoms with Crippen molar-refractivity contribution in [3.8, 4) is 0 Å². The van der Waals surface area contributed by atoms with Crippen molar-refractivity contribution in [1.82, 2.24) is 4.90 Å². The Labute approximate surface area is 118 Å². The predicted octanol–water partition coefficient (Wildman–Crippen LogP) is -0.704. The minimum atomic E-state index is -3.26. The lowest BCUT2D eigenvalue weighted by Crippen LogP contribution is -2.54. The fraction of sp³-hybridized carbons (Fsp3) is 0.909. The molecule has 19 heavy (non-hydrogen) atoms. The quantitative estimate of drug-likeness (QED) is 0.741. The molecule has 8 heteroatoms. The van der Waals surface area contributed by atoms with Crippen LogP contribution in [0.3, 0.4) is 0 Å². The number of rotatable bonds is 3. The summed E-state index contributed by atoms with van der Waals surface area (Å²) in [6.07, 6.45) is 0. The van der Waals surface area contributed by atoms with Gasteiger partial charge in [-0.05, 0) is 0 Å². The standard InChI is InChI=1S/C11H20N2O4S2/c1-2-19(15,16)10-7-18-4-3-13(10)11(14)8-5-17-6-9(8)12/h8-10H,2-7,12H2,1H3. The average molecular weight is 308 g/mol. The minimum Gasteiger partial charge on any atom is -0.379 e. The van der Waals surface area contributed by atoms with Crippen molar-refractivity contribution in [2.45, 2.75) is 18.3 Å². The lowest BCUT2D eigenvalue weighted by Gasteiger charge is -2.36. The van der Waals surface area contributed by atoms with E-state index in [1.54, 1.807) is 18.7 Å². The second-order valence-electron chi connectivity index (χ2n) is 4.82. The molecule has 2 aliphatic rings. The van der Waals surface area contributed by atoms with Crippen molar-refractivity contribution in [2.24, 2.45) is 11.7 Å². The van der Waals surface area contributed by atoms with Gasteiger partial charge < -0.3 is 15.4 Å². The number of amides is 1. The summed E-state index contributed by atoms with van der Waals surface area (Å²) in [6.45, 7) is 2.74. The van der Waals surface area contributed by atoms with Crippen LogP contribution in [0.2, 0.25) is 0 Å². The van der Waals surface area contributed by atoms with Gasteiger partial charge in [0, 0.05) is 29.8 Å². The van der Waals surface area contributed by atoms with Crippen molar-refractivity contribution in [3.63, 3.8) is 0 Å². The maximum absolute atomic E-state index is 12.5. The molecule has 2 N–H and O–H groups in total. The molecule has 6 nitrogen and oxygen atoms in total. The molecule has 2 heterocycles. The van der Waals surface area contributed by atoms with Gasteiger partial charge in [0.2, 0.25) is 5.91 Å². The summed E-state index contributed by atoms with van der Waals surface area (Å²) in [5, 5.41) is -0.712. The van der Waals surface area contributed by atoms with Crippen LogP contribution < -0.4 is 5.73 Å². The molecule has 0 bridgehead atoms. The molecule has 3 atom stereocenters. The van der Waals surface area contributed by atoms with Crippen molar-refractivity contribution >= 4 is 27.5 Å². The molecule has 2 rings (SSSR count). The minimum absolute atomic E-state index is 0.0508. The number of sulfone groups is 1. The van der Waals surface area contributed by atoms with E-state index in [0.29, 0.717) is 25.5 Å². The summed E-state index contributed by atoms with van der Waals surface area (Å²) < 4.78 is 29.4. The zero-order chi connectivity index (χ0) is 14.0. The van der Waals surface area contributed by atoms with E-state index in [4.69, 9.17) is 10.5 Å². The molecule has 0 spiro atoms. The Balaban J connectivity index is 2.18. The van der Waals surface area contributed by atoms with Crippen LogP contribution in [0.25, 0.3) is 0 Å². The fourth-order valence-corrected chi connectivity index (χ4v) is 5.34. The molecule has 110 valence electrons. The van der Waals surface area contributed by atoms with Gasteiger partial charge in [0.25, 0.3) is 0 Å². The van der Waals surface area contributed by atoms with Crippen molar-refractivity contribution in [3.05, 3.63) is 0 Å². The molecule has 0 saturated carbocycles. The van der Waals surface area contributed by atoms with Gasteiger partial charge in [-0.25, -0.2) is 8.42 Å². The third kappa shape index (κ3) is 3.07.